The summed E-state index contributed by atoms with van der Waals surface area (Å²) in [4.78, 5) is 2.93. The maximum atomic E-state index is 12.7. The Morgan fingerprint density at radius 3 is 2.00 bits per heavy atom. The Hall–Kier alpha value is -2.26. The monoisotopic (exact) mass is 376 g/mol. The van der Waals surface area contributed by atoms with Crippen LogP contribution in [0.4, 0.5) is 0 Å². The minimum absolute atomic E-state index is 0.0497. The fourth-order valence-electron chi connectivity index (χ4n) is 2.25. The minimum Gasteiger partial charge on any atom is -0.344 e. The molecule has 1 aromatic heterocycles. The first kappa shape index (κ1) is 16.6. The molecule has 1 N–H and O–H groups in total. The van der Waals surface area contributed by atoms with E-state index in [1.807, 2.05) is 6.07 Å². The molecule has 1 heterocycles. The Morgan fingerprint density at radius 1 is 0.917 bits per heavy atom. The molecule has 0 spiro atoms. The summed E-state index contributed by atoms with van der Waals surface area (Å²) in [7, 11) is -3.78. The van der Waals surface area contributed by atoms with Gasteiger partial charge >= 0.3 is 0 Å². The van der Waals surface area contributed by atoms with Crippen LogP contribution in [-0.4, -0.2) is 13.4 Å². The number of sulfone groups is 1. The van der Waals surface area contributed by atoms with Crippen molar-refractivity contribution in [1.29, 1.82) is 5.26 Å². The van der Waals surface area contributed by atoms with Crippen LogP contribution in [-0.2, 0) is 9.84 Å². The topological polar surface area (TPSA) is 73.7 Å². The van der Waals surface area contributed by atoms with Crippen molar-refractivity contribution in [2.45, 2.75) is 9.92 Å². The van der Waals surface area contributed by atoms with Gasteiger partial charge in [0.2, 0.25) is 9.84 Å². The molecule has 0 aliphatic heterocycles. The Balaban J connectivity index is 2.12. The summed E-state index contributed by atoms with van der Waals surface area (Å²) >= 11 is 11.7. The van der Waals surface area contributed by atoms with Crippen LogP contribution in [0.15, 0.2) is 64.5 Å². The zero-order valence-corrected chi connectivity index (χ0v) is 14.5. The van der Waals surface area contributed by atoms with Crippen LogP contribution in [0.25, 0.3) is 11.3 Å². The molecule has 2 aromatic carbocycles. The number of nitrogens with zero attached hydrogens (tertiary/aromatic N) is 1. The van der Waals surface area contributed by atoms with Crippen LogP contribution in [0.5, 0.6) is 0 Å². The molecule has 0 atom stereocenters. The maximum Gasteiger partial charge on any atom is 0.221 e. The molecule has 4 nitrogen and oxygen atoms in total. The van der Waals surface area contributed by atoms with Crippen LogP contribution in [0.3, 0.4) is 0 Å². The van der Waals surface area contributed by atoms with Crippen molar-refractivity contribution in [3.05, 3.63) is 70.2 Å². The number of aromatic amines is 1. The highest BCUT2D eigenvalue weighted by Gasteiger charge is 2.22. The van der Waals surface area contributed by atoms with Crippen LogP contribution >= 0.6 is 23.2 Å². The molecule has 3 rings (SSSR count). The summed E-state index contributed by atoms with van der Waals surface area (Å²) < 4.78 is 25.4. The second-order valence-corrected chi connectivity index (χ2v) is 7.79. The van der Waals surface area contributed by atoms with E-state index < -0.39 is 9.84 Å². The second-order valence-electron chi connectivity index (χ2n) is 5.00. The quantitative estimate of drug-likeness (QED) is 0.720. The number of halogens is 2. The number of aromatic nitrogens is 1. The first-order valence-electron chi connectivity index (χ1n) is 6.81. The van der Waals surface area contributed by atoms with Gasteiger partial charge in [0.25, 0.3) is 0 Å². The zero-order valence-electron chi connectivity index (χ0n) is 12.1. The van der Waals surface area contributed by atoms with Gasteiger partial charge in [-0.3, -0.25) is 0 Å². The molecular formula is C17H10Cl2N2O2S. The molecule has 0 radical (unpaired) electrons. The minimum atomic E-state index is -3.78. The summed E-state index contributed by atoms with van der Waals surface area (Å²) in [5, 5.41) is 10.3. The van der Waals surface area contributed by atoms with Gasteiger partial charge in [-0.25, -0.2) is 8.42 Å². The molecule has 0 aliphatic carbocycles. The van der Waals surface area contributed by atoms with Crippen molar-refractivity contribution >= 4 is 33.0 Å². The van der Waals surface area contributed by atoms with Gasteiger partial charge in [-0.15, -0.1) is 0 Å². The third kappa shape index (κ3) is 3.04. The zero-order chi connectivity index (χ0) is 17.3. The van der Waals surface area contributed by atoms with Crippen LogP contribution in [0.1, 0.15) is 5.56 Å². The fraction of sp³-hybridized carbons (Fsp3) is 0. The third-order valence-electron chi connectivity index (χ3n) is 3.46. The molecule has 0 bridgehead atoms. The van der Waals surface area contributed by atoms with Crippen molar-refractivity contribution in [2.75, 3.05) is 0 Å². The predicted octanol–water partition coefficient (Wildman–Crippen LogP) is 4.69. The van der Waals surface area contributed by atoms with E-state index in [0.717, 1.165) is 0 Å². The third-order valence-corrected chi connectivity index (χ3v) is 5.66. The maximum absolute atomic E-state index is 12.7. The number of hydrogen-bond donors (Lipinski definition) is 1. The molecule has 0 amide bonds. The molecule has 0 saturated carbocycles. The van der Waals surface area contributed by atoms with Crippen molar-refractivity contribution in [3.8, 4) is 17.3 Å². The van der Waals surface area contributed by atoms with E-state index in [0.29, 0.717) is 21.3 Å². The van der Waals surface area contributed by atoms with E-state index in [1.54, 1.807) is 24.3 Å². The van der Waals surface area contributed by atoms with Gasteiger partial charge in [-0.05, 0) is 48.0 Å². The largest absolute Gasteiger partial charge is 0.344 e. The molecule has 0 unspecified atom stereocenters. The van der Waals surface area contributed by atoms with E-state index in [1.165, 1.54) is 30.3 Å². The lowest BCUT2D eigenvalue weighted by Gasteiger charge is -2.03. The van der Waals surface area contributed by atoms with E-state index in [-0.39, 0.29) is 15.5 Å². The molecule has 0 aliphatic rings. The summed E-state index contributed by atoms with van der Waals surface area (Å²) in [6.07, 6.45) is 0. The summed E-state index contributed by atoms with van der Waals surface area (Å²) in [5.74, 6) is 0. The molecule has 3 aromatic rings. The molecule has 0 fully saturated rings. The molecule has 0 saturated heterocycles. The molecule has 120 valence electrons. The van der Waals surface area contributed by atoms with Crippen LogP contribution < -0.4 is 0 Å². The van der Waals surface area contributed by atoms with Crippen LogP contribution in [0, 0.1) is 11.3 Å². The average Bonchev–Trinajstić information content (AvgIpc) is 3.01. The number of H-pyrrole nitrogens is 1. The number of nitrogens with one attached hydrogen (secondary N) is 1. The van der Waals surface area contributed by atoms with Crippen molar-refractivity contribution in [3.63, 3.8) is 0 Å². The van der Waals surface area contributed by atoms with Crippen molar-refractivity contribution in [1.82, 2.24) is 4.98 Å². The SMILES string of the molecule is N#Cc1cc(S(=O)(=O)c2ccc(Cl)cc2)[nH]c1-c1ccc(Cl)cc1. The Kier molecular flexibility index (Phi) is 4.37. The van der Waals surface area contributed by atoms with Gasteiger partial charge in [0.1, 0.15) is 11.1 Å². The molecule has 7 heteroatoms. The van der Waals surface area contributed by atoms with E-state index in [4.69, 9.17) is 23.2 Å². The van der Waals surface area contributed by atoms with Gasteiger partial charge < -0.3 is 4.98 Å². The number of nitriles is 1. The normalized spacial score (nSPS) is 11.2. The Labute approximate surface area is 149 Å². The van der Waals surface area contributed by atoms with Crippen molar-refractivity contribution in [2.24, 2.45) is 0 Å². The van der Waals surface area contributed by atoms with Crippen LogP contribution in [0.2, 0.25) is 10.0 Å². The molecular weight excluding hydrogens is 367 g/mol. The predicted molar refractivity (Wildman–Crippen MR) is 92.9 cm³/mol. The van der Waals surface area contributed by atoms with Gasteiger partial charge in [0.05, 0.1) is 16.2 Å². The van der Waals surface area contributed by atoms with E-state index in [9.17, 15) is 13.7 Å². The number of benzene rings is 2. The lowest BCUT2D eigenvalue weighted by Crippen LogP contribution is -2.02. The first-order chi connectivity index (χ1) is 11.4. The molecule has 24 heavy (non-hydrogen) atoms. The lowest BCUT2D eigenvalue weighted by atomic mass is 10.1. The fourth-order valence-corrected chi connectivity index (χ4v) is 3.76. The van der Waals surface area contributed by atoms with Crippen molar-refractivity contribution < 1.29 is 8.42 Å². The Morgan fingerprint density at radius 2 is 1.46 bits per heavy atom. The standard InChI is InChI=1S/C17H10Cl2N2O2S/c18-13-3-1-11(2-4-13)17-12(10-20)9-16(21-17)24(22,23)15-7-5-14(19)6-8-15/h1-9,21H. The summed E-state index contributed by atoms with van der Waals surface area (Å²) in [6.45, 7) is 0. The van der Waals surface area contributed by atoms with Gasteiger partial charge in [-0.1, -0.05) is 35.3 Å². The second kappa shape index (κ2) is 6.33. The average molecular weight is 377 g/mol. The number of rotatable bonds is 3. The highest BCUT2D eigenvalue weighted by atomic mass is 35.5. The lowest BCUT2D eigenvalue weighted by molar-refractivity contribution is 0.593. The smallest absolute Gasteiger partial charge is 0.221 e. The van der Waals surface area contributed by atoms with Gasteiger partial charge in [0.15, 0.2) is 0 Å². The number of hydrogen-bond acceptors (Lipinski definition) is 3. The van der Waals surface area contributed by atoms with E-state index >= 15 is 0 Å². The van der Waals surface area contributed by atoms with Gasteiger partial charge in [0, 0.05) is 10.0 Å². The Bertz CT molecular complexity index is 1030. The highest BCUT2D eigenvalue weighted by Crippen LogP contribution is 2.29. The van der Waals surface area contributed by atoms with E-state index in [2.05, 4.69) is 4.98 Å². The first-order valence-corrected chi connectivity index (χ1v) is 9.05. The summed E-state index contributed by atoms with van der Waals surface area (Å²) in [5.41, 5.74) is 1.35. The van der Waals surface area contributed by atoms with Gasteiger partial charge in [-0.2, -0.15) is 5.26 Å². The highest BCUT2D eigenvalue weighted by molar-refractivity contribution is 7.91. The summed E-state index contributed by atoms with van der Waals surface area (Å²) in [6, 6.07) is 16.0.